The van der Waals surface area contributed by atoms with Gasteiger partial charge >= 0.3 is 0 Å². The number of hydrogen-bond acceptors (Lipinski definition) is 3. The van der Waals surface area contributed by atoms with Crippen LogP contribution in [0.15, 0.2) is 18.2 Å². The van der Waals surface area contributed by atoms with Gasteiger partial charge in [0.05, 0.1) is 4.99 Å². The molecule has 20 heavy (non-hydrogen) atoms. The highest BCUT2D eigenvalue weighted by Crippen LogP contribution is 2.18. The molecule has 0 heterocycles. The zero-order chi connectivity index (χ0) is 15.5. The molecular weight excluding hydrogens is 299 g/mol. The Hall–Kier alpha value is -1.05. The minimum atomic E-state index is -3.68. The van der Waals surface area contributed by atoms with Gasteiger partial charge in [0.25, 0.3) is 0 Å². The van der Waals surface area contributed by atoms with Crippen LogP contribution in [0.25, 0.3) is 0 Å². The van der Waals surface area contributed by atoms with Gasteiger partial charge < -0.3 is 5.73 Å². The summed E-state index contributed by atoms with van der Waals surface area (Å²) in [7, 11) is -3.68. The van der Waals surface area contributed by atoms with Crippen LogP contribution in [0.5, 0.6) is 0 Å². The van der Waals surface area contributed by atoms with Crippen molar-refractivity contribution in [1.82, 2.24) is 4.72 Å². The summed E-state index contributed by atoms with van der Waals surface area (Å²) in [5, 5.41) is -0.921. The molecule has 3 N–H and O–H groups in total. The molecule has 0 amide bonds. The molecule has 0 fully saturated rings. The van der Waals surface area contributed by atoms with Crippen molar-refractivity contribution in [3.05, 3.63) is 35.1 Å². The van der Waals surface area contributed by atoms with Crippen molar-refractivity contribution < 1.29 is 12.8 Å². The molecule has 0 radical (unpaired) electrons. The molecule has 4 nitrogen and oxygen atoms in total. The molecule has 0 aliphatic rings. The summed E-state index contributed by atoms with van der Waals surface area (Å²) in [6.45, 7) is 4.99. The number of nitrogens with one attached hydrogen (secondary N) is 1. The maximum absolute atomic E-state index is 13.5. The number of benzene rings is 1. The maximum atomic E-state index is 13.5. The topological polar surface area (TPSA) is 72.2 Å². The third-order valence-electron chi connectivity index (χ3n) is 3.10. The molecule has 1 aromatic rings. The van der Waals surface area contributed by atoms with Crippen LogP contribution < -0.4 is 10.5 Å². The van der Waals surface area contributed by atoms with E-state index in [9.17, 15) is 12.8 Å². The van der Waals surface area contributed by atoms with Crippen LogP contribution in [-0.4, -0.2) is 18.7 Å². The number of halogens is 1. The number of aryl methyl sites for hydroxylation is 1. The third-order valence-corrected chi connectivity index (χ3v) is 5.55. The van der Waals surface area contributed by atoms with E-state index in [1.807, 2.05) is 0 Å². The summed E-state index contributed by atoms with van der Waals surface area (Å²) in [6, 6.07) is 4.07. The van der Waals surface area contributed by atoms with E-state index in [-0.39, 0.29) is 10.8 Å². The van der Waals surface area contributed by atoms with Gasteiger partial charge in [-0.2, -0.15) is 0 Å². The summed E-state index contributed by atoms with van der Waals surface area (Å²) in [5.74, 6) is -0.366. The first-order valence-corrected chi connectivity index (χ1v) is 8.21. The van der Waals surface area contributed by atoms with Gasteiger partial charge in [0, 0.05) is 6.04 Å². The Bertz CT molecular complexity index is 602. The lowest BCUT2D eigenvalue weighted by atomic mass is 10.1. The Morgan fingerprint density at radius 3 is 2.55 bits per heavy atom. The van der Waals surface area contributed by atoms with Gasteiger partial charge in [-0.1, -0.05) is 31.3 Å². The van der Waals surface area contributed by atoms with Crippen LogP contribution in [0.2, 0.25) is 0 Å². The van der Waals surface area contributed by atoms with Crippen LogP contribution in [0, 0.1) is 12.7 Å². The summed E-state index contributed by atoms with van der Waals surface area (Å²) in [5.41, 5.74) is 6.51. The van der Waals surface area contributed by atoms with Crippen molar-refractivity contribution in [3.63, 3.8) is 0 Å². The fraction of sp³-hybridized carbons (Fsp3) is 0.462. The van der Waals surface area contributed by atoms with Crippen molar-refractivity contribution >= 4 is 27.2 Å². The molecule has 0 aliphatic heterocycles. The van der Waals surface area contributed by atoms with E-state index >= 15 is 0 Å². The Morgan fingerprint density at radius 1 is 1.50 bits per heavy atom. The fourth-order valence-corrected chi connectivity index (χ4v) is 3.93. The zero-order valence-corrected chi connectivity index (χ0v) is 13.3. The number of nitrogens with two attached hydrogens (primary N) is 1. The van der Waals surface area contributed by atoms with Gasteiger partial charge in [0.2, 0.25) is 10.0 Å². The average molecular weight is 318 g/mol. The van der Waals surface area contributed by atoms with Crippen LogP contribution in [0.1, 0.15) is 37.4 Å². The average Bonchev–Trinajstić information content (AvgIpc) is 2.31. The quantitative estimate of drug-likeness (QED) is 0.789. The first-order chi connectivity index (χ1) is 9.19. The molecule has 7 heteroatoms. The SMILES string of the molecule is CCC(C(N)=S)S(=O)(=O)NC(C)c1ccc(C)c(F)c1. The molecule has 2 atom stereocenters. The molecule has 0 bridgehead atoms. The Kier molecular flexibility index (Phi) is 5.61. The van der Waals surface area contributed by atoms with Gasteiger partial charge in [-0.3, -0.25) is 0 Å². The van der Waals surface area contributed by atoms with Crippen molar-refractivity contribution in [2.45, 2.75) is 38.5 Å². The van der Waals surface area contributed by atoms with E-state index in [1.54, 1.807) is 32.9 Å². The standard InChI is InChI=1S/C13H19FN2O2S2/c1-4-12(13(15)19)20(17,18)16-9(3)10-6-5-8(2)11(14)7-10/h5-7,9,12,16H,4H2,1-3H3,(H2,15,19). The van der Waals surface area contributed by atoms with Crippen molar-refractivity contribution in [1.29, 1.82) is 0 Å². The first kappa shape index (κ1) is 17.0. The van der Waals surface area contributed by atoms with Crippen LogP contribution in [0.4, 0.5) is 4.39 Å². The summed E-state index contributed by atoms with van der Waals surface area (Å²) >= 11 is 4.77. The van der Waals surface area contributed by atoms with Gasteiger partial charge in [-0.05, 0) is 37.5 Å². The number of rotatable bonds is 6. The second-order valence-corrected chi connectivity index (χ2v) is 7.06. The Labute approximate surface area is 124 Å². The maximum Gasteiger partial charge on any atom is 0.221 e. The van der Waals surface area contributed by atoms with Crippen LogP contribution in [-0.2, 0) is 10.0 Å². The fourth-order valence-electron chi connectivity index (χ4n) is 1.85. The van der Waals surface area contributed by atoms with E-state index in [4.69, 9.17) is 18.0 Å². The van der Waals surface area contributed by atoms with Gasteiger partial charge in [0.15, 0.2) is 0 Å². The molecule has 0 aromatic heterocycles. The highest BCUT2D eigenvalue weighted by atomic mass is 32.2. The van der Waals surface area contributed by atoms with Gasteiger partial charge in [0.1, 0.15) is 11.1 Å². The van der Waals surface area contributed by atoms with Gasteiger partial charge in [-0.15, -0.1) is 0 Å². The molecular formula is C13H19FN2O2S2. The lowest BCUT2D eigenvalue weighted by molar-refractivity contribution is 0.557. The number of sulfonamides is 1. The molecule has 0 aliphatic carbocycles. The predicted octanol–water partition coefficient (Wildman–Crippen LogP) is 2.18. The lowest BCUT2D eigenvalue weighted by Crippen LogP contribution is -2.42. The van der Waals surface area contributed by atoms with Gasteiger partial charge in [-0.25, -0.2) is 17.5 Å². The molecule has 2 unspecified atom stereocenters. The third kappa shape index (κ3) is 3.97. The minimum absolute atomic E-state index is 0.0673. The monoisotopic (exact) mass is 318 g/mol. The van der Waals surface area contributed by atoms with E-state index in [0.717, 1.165) is 0 Å². The zero-order valence-electron chi connectivity index (χ0n) is 11.7. The van der Waals surface area contributed by atoms with E-state index in [0.29, 0.717) is 17.5 Å². The van der Waals surface area contributed by atoms with Crippen LogP contribution in [0.3, 0.4) is 0 Å². The second kappa shape index (κ2) is 6.60. The van der Waals surface area contributed by atoms with E-state index in [1.165, 1.54) is 6.07 Å². The predicted molar refractivity (Wildman–Crippen MR) is 82.5 cm³/mol. The van der Waals surface area contributed by atoms with Crippen molar-refractivity contribution in [3.8, 4) is 0 Å². The smallest absolute Gasteiger partial charge is 0.221 e. The molecule has 0 saturated heterocycles. The molecule has 0 saturated carbocycles. The van der Waals surface area contributed by atoms with Crippen molar-refractivity contribution in [2.75, 3.05) is 0 Å². The summed E-state index contributed by atoms with van der Waals surface area (Å²) in [6.07, 6.45) is 0.291. The molecule has 1 rings (SSSR count). The lowest BCUT2D eigenvalue weighted by Gasteiger charge is -2.20. The highest BCUT2D eigenvalue weighted by molar-refractivity contribution is 7.93. The van der Waals surface area contributed by atoms with E-state index in [2.05, 4.69) is 4.72 Å². The van der Waals surface area contributed by atoms with Crippen LogP contribution >= 0.6 is 12.2 Å². The molecule has 0 spiro atoms. The highest BCUT2D eigenvalue weighted by Gasteiger charge is 2.28. The molecule has 112 valence electrons. The first-order valence-electron chi connectivity index (χ1n) is 6.25. The second-order valence-electron chi connectivity index (χ2n) is 4.69. The van der Waals surface area contributed by atoms with Crippen molar-refractivity contribution in [2.24, 2.45) is 5.73 Å². The van der Waals surface area contributed by atoms with E-state index < -0.39 is 21.3 Å². The number of hydrogen-bond donors (Lipinski definition) is 2. The summed E-state index contributed by atoms with van der Waals surface area (Å²) in [4.78, 5) is -0.0673. The molecule has 1 aromatic carbocycles. The normalized spacial score (nSPS) is 14.8. The summed E-state index contributed by atoms with van der Waals surface area (Å²) < 4.78 is 40.3. The largest absolute Gasteiger partial charge is 0.392 e. The minimum Gasteiger partial charge on any atom is -0.392 e. The number of thiocarbonyl (C=S) groups is 1. The Morgan fingerprint density at radius 2 is 2.10 bits per heavy atom. The Balaban J connectivity index is 2.96.